The molecule has 0 unspecified atom stereocenters. The van der Waals surface area contributed by atoms with Crippen molar-refractivity contribution in [2.45, 2.75) is 19.3 Å². The molecule has 1 aromatic heterocycles. The Bertz CT molecular complexity index is 756. The second-order valence-corrected chi connectivity index (χ2v) is 6.69. The van der Waals surface area contributed by atoms with Gasteiger partial charge in [0.15, 0.2) is 6.61 Å². The first-order chi connectivity index (χ1) is 12.1. The highest BCUT2D eigenvalue weighted by Gasteiger charge is 2.21. The average molecular weight is 358 g/mol. The van der Waals surface area contributed by atoms with Crippen LogP contribution in [-0.4, -0.2) is 30.9 Å². The fourth-order valence-electron chi connectivity index (χ4n) is 2.60. The first kappa shape index (κ1) is 17.2. The van der Waals surface area contributed by atoms with Crippen molar-refractivity contribution in [1.29, 1.82) is 0 Å². The van der Waals surface area contributed by atoms with E-state index in [1.54, 1.807) is 29.2 Å². The van der Waals surface area contributed by atoms with Gasteiger partial charge in [0, 0.05) is 29.2 Å². The maximum atomic E-state index is 11.9. The van der Waals surface area contributed by atoms with E-state index in [0.717, 1.165) is 23.5 Å². The first-order valence-corrected chi connectivity index (χ1v) is 8.88. The van der Waals surface area contributed by atoms with Crippen molar-refractivity contribution >= 4 is 40.5 Å². The summed E-state index contributed by atoms with van der Waals surface area (Å²) in [6, 6.07) is 10.7. The molecule has 0 aliphatic carbocycles. The van der Waals surface area contributed by atoms with Crippen LogP contribution in [-0.2, 0) is 25.5 Å². The van der Waals surface area contributed by atoms with Crippen LogP contribution < -0.4 is 10.2 Å². The number of hydrogen-bond acceptors (Lipinski definition) is 5. The molecule has 1 saturated heterocycles. The molecule has 1 aromatic carbocycles. The summed E-state index contributed by atoms with van der Waals surface area (Å²) in [4.78, 5) is 37.9. The van der Waals surface area contributed by atoms with Gasteiger partial charge in [-0.3, -0.25) is 14.4 Å². The average Bonchev–Trinajstić information content (AvgIpc) is 3.25. The number of rotatable bonds is 6. The number of carbonyl (C=O) groups is 3. The molecular weight excluding hydrogens is 340 g/mol. The van der Waals surface area contributed by atoms with Gasteiger partial charge in [-0.1, -0.05) is 6.07 Å². The van der Waals surface area contributed by atoms with Crippen LogP contribution in [0.2, 0.25) is 0 Å². The normalized spacial score (nSPS) is 13.8. The molecule has 1 fully saturated rings. The zero-order valence-electron chi connectivity index (χ0n) is 13.6. The Kier molecular flexibility index (Phi) is 5.45. The lowest BCUT2D eigenvalue weighted by atomic mass is 10.2. The summed E-state index contributed by atoms with van der Waals surface area (Å²) in [5.41, 5.74) is 1.41. The molecule has 1 N–H and O–H groups in total. The highest BCUT2D eigenvalue weighted by atomic mass is 32.1. The van der Waals surface area contributed by atoms with E-state index >= 15 is 0 Å². The lowest BCUT2D eigenvalue weighted by Gasteiger charge is -2.16. The largest absolute Gasteiger partial charge is 0.455 e. The zero-order chi connectivity index (χ0) is 17.6. The first-order valence-electron chi connectivity index (χ1n) is 8.00. The molecular formula is C18H18N2O4S. The van der Waals surface area contributed by atoms with Gasteiger partial charge in [0.05, 0.1) is 6.42 Å². The van der Waals surface area contributed by atoms with Crippen molar-refractivity contribution in [2.75, 3.05) is 23.4 Å². The number of hydrogen-bond donors (Lipinski definition) is 1. The lowest BCUT2D eigenvalue weighted by molar-refractivity contribution is -0.146. The Hall–Kier alpha value is -2.67. The van der Waals surface area contributed by atoms with Crippen LogP contribution in [0.3, 0.4) is 0 Å². The van der Waals surface area contributed by atoms with Gasteiger partial charge in [0.25, 0.3) is 5.91 Å². The summed E-state index contributed by atoms with van der Waals surface area (Å²) in [5, 5.41) is 4.55. The smallest absolute Gasteiger partial charge is 0.311 e. The minimum atomic E-state index is -0.430. The van der Waals surface area contributed by atoms with E-state index in [1.807, 2.05) is 17.5 Å². The summed E-state index contributed by atoms with van der Waals surface area (Å²) in [6.45, 7) is 0.404. The molecule has 1 aliphatic rings. The van der Waals surface area contributed by atoms with Gasteiger partial charge in [-0.05, 0) is 42.1 Å². The van der Waals surface area contributed by atoms with E-state index in [-0.39, 0.29) is 18.9 Å². The minimum Gasteiger partial charge on any atom is -0.455 e. The Labute approximate surface area is 149 Å². The molecule has 1 aliphatic heterocycles. The van der Waals surface area contributed by atoms with Crippen LogP contribution in [0.1, 0.15) is 17.7 Å². The number of carbonyl (C=O) groups excluding carboxylic acids is 3. The van der Waals surface area contributed by atoms with Crippen molar-refractivity contribution in [2.24, 2.45) is 0 Å². The Morgan fingerprint density at radius 1 is 1.20 bits per heavy atom. The standard InChI is InChI=1S/C18H18N2O4S/c21-16(12-24-18(23)11-15-3-2-10-25-15)19-13-5-7-14(8-6-13)20-9-1-4-17(20)22/h2-3,5-8,10H,1,4,9,11-12H2,(H,19,21). The molecule has 25 heavy (non-hydrogen) atoms. The van der Waals surface area contributed by atoms with Crippen LogP contribution in [0.4, 0.5) is 11.4 Å². The van der Waals surface area contributed by atoms with Crippen LogP contribution >= 0.6 is 11.3 Å². The third kappa shape index (κ3) is 4.67. The molecule has 7 heteroatoms. The monoisotopic (exact) mass is 358 g/mol. The number of benzene rings is 1. The Morgan fingerprint density at radius 2 is 2.00 bits per heavy atom. The van der Waals surface area contributed by atoms with Crippen LogP contribution in [0.25, 0.3) is 0 Å². The van der Waals surface area contributed by atoms with Gasteiger partial charge >= 0.3 is 5.97 Å². The lowest BCUT2D eigenvalue weighted by Crippen LogP contribution is -2.24. The van der Waals surface area contributed by atoms with Crippen molar-refractivity contribution in [3.8, 4) is 0 Å². The van der Waals surface area contributed by atoms with E-state index in [0.29, 0.717) is 12.1 Å². The van der Waals surface area contributed by atoms with Gasteiger partial charge in [0.2, 0.25) is 5.91 Å². The number of amides is 2. The van der Waals surface area contributed by atoms with E-state index in [1.165, 1.54) is 11.3 Å². The molecule has 2 heterocycles. The molecule has 0 radical (unpaired) electrons. The predicted molar refractivity (Wildman–Crippen MR) is 95.6 cm³/mol. The number of thiophene rings is 1. The SMILES string of the molecule is O=C(COC(=O)Cc1cccs1)Nc1ccc(N2CCCC2=O)cc1. The van der Waals surface area contributed by atoms with E-state index in [9.17, 15) is 14.4 Å². The third-order valence-corrected chi connectivity index (χ3v) is 4.68. The van der Waals surface area contributed by atoms with Gasteiger partial charge in [-0.15, -0.1) is 11.3 Å². The number of esters is 1. The quantitative estimate of drug-likeness (QED) is 0.806. The van der Waals surface area contributed by atoms with Crippen molar-refractivity contribution < 1.29 is 19.1 Å². The predicted octanol–water partition coefficient (Wildman–Crippen LogP) is 2.60. The summed E-state index contributed by atoms with van der Waals surface area (Å²) in [7, 11) is 0. The maximum Gasteiger partial charge on any atom is 0.311 e. The molecule has 3 rings (SSSR count). The summed E-state index contributed by atoms with van der Waals surface area (Å²) >= 11 is 1.47. The second-order valence-electron chi connectivity index (χ2n) is 5.66. The van der Waals surface area contributed by atoms with Gasteiger partial charge < -0.3 is 15.0 Å². The molecule has 130 valence electrons. The molecule has 0 bridgehead atoms. The van der Waals surface area contributed by atoms with Crippen LogP contribution in [0, 0.1) is 0 Å². The van der Waals surface area contributed by atoms with Gasteiger partial charge in [0.1, 0.15) is 0 Å². The van der Waals surface area contributed by atoms with Crippen molar-refractivity contribution in [3.63, 3.8) is 0 Å². The number of nitrogens with zero attached hydrogens (tertiary/aromatic N) is 1. The summed E-state index contributed by atoms with van der Waals surface area (Å²) < 4.78 is 4.97. The topological polar surface area (TPSA) is 75.7 Å². The molecule has 0 saturated carbocycles. The van der Waals surface area contributed by atoms with Gasteiger partial charge in [-0.2, -0.15) is 0 Å². The molecule has 6 nitrogen and oxygen atoms in total. The number of ether oxygens (including phenoxy) is 1. The maximum absolute atomic E-state index is 11.9. The zero-order valence-corrected chi connectivity index (χ0v) is 14.4. The molecule has 0 atom stereocenters. The minimum absolute atomic E-state index is 0.120. The van der Waals surface area contributed by atoms with Gasteiger partial charge in [-0.25, -0.2) is 0 Å². The summed E-state index contributed by atoms with van der Waals surface area (Å²) in [5.74, 6) is -0.709. The summed E-state index contributed by atoms with van der Waals surface area (Å²) in [6.07, 6.45) is 1.62. The molecule has 2 aromatic rings. The fourth-order valence-corrected chi connectivity index (χ4v) is 3.29. The van der Waals surface area contributed by atoms with E-state index in [2.05, 4.69) is 5.32 Å². The Balaban J connectivity index is 1.46. The highest BCUT2D eigenvalue weighted by molar-refractivity contribution is 7.10. The van der Waals surface area contributed by atoms with Crippen molar-refractivity contribution in [3.05, 3.63) is 46.7 Å². The van der Waals surface area contributed by atoms with Crippen LogP contribution in [0.15, 0.2) is 41.8 Å². The van der Waals surface area contributed by atoms with Crippen molar-refractivity contribution in [1.82, 2.24) is 0 Å². The molecule has 0 spiro atoms. The Morgan fingerprint density at radius 3 is 2.64 bits per heavy atom. The number of anilines is 2. The van der Waals surface area contributed by atoms with Crippen LogP contribution in [0.5, 0.6) is 0 Å². The highest BCUT2D eigenvalue weighted by Crippen LogP contribution is 2.23. The number of nitrogens with one attached hydrogen (secondary N) is 1. The second kappa shape index (κ2) is 7.94. The fraction of sp³-hybridized carbons (Fsp3) is 0.278. The molecule has 2 amide bonds. The van der Waals surface area contributed by atoms with E-state index < -0.39 is 11.9 Å². The third-order valence-electron chi connectivity index (χ3n) is 3.80. The van der Waals surface area contributed by atoms with E-state index in [4.69, 9.17) is 4.74 Å².